The van der Waals surface area contributed by atoms with E-state index in [2.05, 4.69) is 21.6 Å². The number of benzene rings is 2. The van der Waals surface area contributed by atoms with E-state index in [0.29, 0.717) is 0 Å². The highest BCUT2D eigenvalue weighted by Crippen LogP contribution is 2.34. The third-order valence-corrected chi connectivity index (χ3v) is 6.73. The van der Waals surface area contributed by atoms with Crippen molar-refractivity contribution in [3.63, 3.8) is 0 Å². The molecular formula is C24H24N4OS. The molecule has 1 amide bonds. The molecule has 0 saturated heterocycles. The van der Waals surface area contributed by atoms with Crippen LogP contribution in [0.1, 0.15) is 39.0 Å². The minimum atomic E-state index is -0.727. The first-order chi connectivity index (χ1) is 14.6. The second-order valence-corrected chi connectivity index (χ2v) is 9.10. The van der Waals surface area contributed by atoms with Gasteiger partial charge in [-0.3, -0.25) is 4.79 Å². The van der Waals surface area contributed by atoms with Crippen LogP contribution in [0.3, 0.4) is 0 Å². The molecule has 1 aromatic heterocycles. The number of nitrogens with one attached hydrogen (secondary N) is 1. The Morgan fingerprint density at radius 1 is 1.03 bits per heavy atom. The average Bonchev–Trinajstić information content (AvgIpc) is 2.80. The summed E-state index contributed by atoms with van der Waals surface area (Å²) in [7, 11) is 0. The highest BCUT2D eigenvalue weighted by atomic mass is 32.2. The molecule has 1 atom stereocenters. The quantitative estimate of drug-likeness (QED) is 0.584. The number of nitrogens with zero attached hydrogens (tertiary/aromatic N) is 3. The number of carbonyl (C=O) groups is 1. The smallest absolute Gasteiger partial charge is 0.234 e. The van der Waals surface area contributed by atoms with Gasteiger partial charge in [0.1, 0.15) is 16.3 Å². The molecule has 4 rings (SSSR count). The summed E-state index contributed by atoms with van der Waals surface area (Å²) in [5, 5.41) is 23.9. The van der Waals surface area contributed by atoms with Crippen LogP contribution in [0.15, 0.2) is 59.6 Å². The Hall–Kier alpha value is -2.91. The zero-order valence-corrected chi connectivity index (χ0v) is 17.8. The number of thioether (sulfide) groups is 1. The molecule has 1 heterocycles. The van der Waals surface area contributed by atoms with E-state index < -0.39 is 5.54 Å². The van der Waals surface area contributed by atoms with E-state index in [-0.39, 0.29) is 11.2 Å². The summed E-state index contributed by atoms with van der Waals surface area (Å²) in [6.07, 6.45) is 4.53. The van der Waals surface area contributed by atoms with Gasteiger partial charge >= 0.3 is 0 Å². The van der Waals surface area contributed by atoms with Crippen LogP contribution in [0.4, 0.5) is 0 Å². The Balaban J connectivity index is 1.58. The lowest BCUT2D eigenvalue weighted by molar-refractivity contribution is -0.121. The van der Waals surface area contributed by atoms with E-state index in [1.54, 1.807) is 0 Å². The van der Waals surface area contributed by atoms with E-state index in [1.165, 1.54) is 11.8 Å². The van der Waals surface area contributed by atoms with Crippen LogP contribution in [0.5, 0.6) is 0 Å². The molecule has 3 aromatic rings. The van der Waals surface area contributed by atoms with Gasteiger partial charge in [-0.05, 0) is 19.8 Å². The van der Waals surface area contributed by atoms with E-state index in [9.17, 15) is 10.1 Å². The summed E-state index contributed by atoms with van der Waals surface area (Å²) in [6.45, 7) is 1.86. The minimum absolute atomic E-state index is 0.124. The van der Waals surface area contributed by atoms with Gasteiger partial charge in [-0.1, -0.05) is 85.6 Å². The van der Waals surface area contributed by atoms with Gasteiger partial charge in [0.15, 0.2) is 0 Å². The SMILES string of the molecule is CC(Sc1nnc(-c2ccccc2)c2ccccc12)C(=O)NC1(C#N)CCCCC1. The second-order valence-electron chi connectivity index (χ2n) is 7.77. The van der Waals surface area contributed by atoms with Gasteiger partial charge in [0.2, 0.25) is 5.91 Å². The minimum Gasteiger partial charge on any atom is -0.337 e. The van der Waals surface area contributed by atoms with E-state index in [0.717, 1.165) is 59.2 Å². The predicted molar refractivity (Wildman–Crippen MR) is 120 cm³/mol. The van der Waals surface area contributed by atoms with Crippen LogP contribution in [0, 0.1) is 11.3 Å². The first-order valence-electron chi connectivity index (χ1n) is 10.3. The Morgan fingerprint density at radius 2 is 1.70 bits per heavy atom. The maximum absolute atomic E-state index is 12.9. The zero-order chi connectivity index (χ0) is 21.0. The van der Waals surface area contributed by atoms with Crippen molar-refractivity contribution in [2.75, 3.05) is 0 Å². The van der Waals surface area contributed by atoms with Gasteiger partial charge < -0.3 is 5.32 Å². The fourth-order valence-electron chi connectivity index (χ4n) is 3.95. The fraction of sp³-hybridized carbons (Fsp3) is 0.333. The summed E-state index contributed by atoms with van der Waals surface area (Å²) < 4.78 is 0. The van der Waals surface area contributed by atoms with Crippen LogP contribution >= 0.6 is 11.8 Å². The fourth-order valence-corrected chi connectivity index (χ4v) is 4.85. The van der Waals surface area contributed by atoms with Gasteiger partial charge in [0.25, 0.3) is 0 Å². The first kappa shape index (κ1) is 20.4. The van der Waals surface area contributed by atoms with Gasteiger partial charge in [0, 0.05) is 16.3 Å². The van der Waals surface area contributed by atoms with Crippen LogP contribution in [-0.4, -0.2) is 26.9 Å². The lowest BCUT2D eigenvalue weighted by Gasteiger charge is -2.32. The Bertz CT molecular complexity index is 1090. The van der Waals surface area contributed by atoms with Crippen molar-refractivity contribution in [1.82, 2.24) is 15.5 Å². The molecule has 1 aliphatic rings. The molecule has 5 nitrogen and oxygen atoms in total. The third-order valence-electron chi connectivity index (χ3n) is 5.64. The Labute approximate surface area is 180 Å². The van der Waals surface area contributed by atoms with Crippen molar-refractivity contribution in [2.24, 2.45) is 0 Å². The van der Waals surface area contributed by atoms with Crippen LogP contribution in [0.25, 0.3) is 22.0 Å². The number of aromatic nitrogens is 2. The monoisotopic (exact) mass is 416 g/mol. The average molecular weight is 417 g/mol. The van der Waals surface area contributed by atoms with E-state index >= 15 is 0 Å². The normalized spacial score (nSPS) is 16.5. The topological polar surface area (TPSA) is 78.7 Å². The van der Waals surface area contributed by atoms with Crippen LogP contribution in [0.2, 0.25) is 0 Å². The molecule has 1 N–H and O–H groups in total. The number of fused-ring (bicyclic) bond motifs is 1. The molecule has 0 radical (unpaired) electrons. The highest BCUT2D eigenvalue weighted by molar-refractivity contribution is 8.00. The van der Waals surface area contributed by atoms with Gasteiger partial charge in [-0.25, -0.2) is 0 Å². The summed E-state index contributed by atoms with van der Waals surface area (Å²) in [5.74, 6) is -0.124. The summed E-state index contributed by atoms with van der Waals surface area (Å²) in [6, 6.07) is 20.3. The van der Waals surface area contributed by atoms with Crippen LogP contribution < -0.4 is 5.32 Å². The summed E-state index contributed by atoms with van der Waals surface area (Å²) in [4.78, 5) is 12.9. The molecule has 0 bridgehead atoms. The molecule has 30 heavy (non-hydrogen) atoms. The first-order valence-corrected chi connectivity index (χ1v) is 11.2. The standard InChI is InChI=1S/C24H24N4OS/c1-17(22(29)26-24(16-25)14-8-3-9-15-24)30-23-20-13-7-6-12-19(20)21(27-28-23)18-10-4-2-5-11-18/h2,4-7,10-13,17H,3,8-9,14-15H2,1H3,(H,26,29). The number of hydrogen-bond acceptors (Lipinski definition) is 5. The van der Waals surface area contributed by atoms with Crippen molar-refractivity contribution in [1.29, 1.82) is 5.26 Å². The third kappa shape index (κ3) is 4.17. The van der Waals surface area contributed by atoms with Crippen molar-refractivity contribution in [3.05, 3.63) is 54.6 Å². The Kier molecular flexibility index (Phi) is 6.01. The lowest BCUT2D eigenvalue weighted by atomic mass is 9.83. The molecule has 1 aliphatic carbocycles. The predicted octanol–water partition coefficient (Wildman–Crippen LogP) is 5.12. The number of rotatable bonds is 5. The molecule has 6 heteroatoms. The second kappa shape index (κ2) is 8.85. The summed E-state index contributed by atoms with van der Waals surface area (Å²) >= 11 is 1.39. The molecule has 1 unspecified atom stereocenters. The maximum atomic E-state index is 12.9. The molecule has 2 aromatic carbocycles. The molecule has 1 fully saturated rings. The van der Waals surface area contributed by atoms with Crippen molar-refractivity contribution in [3.8, 4) is 17.3 Å². The van der Waals surface area contributed by atoms with Crippen molar-refractivity contribution in [2.45, 2.75) is 54.8 Å². The molecule has 0 spiro atoms. The van der Waals surface area contributed by atoms with Crippen molar-refractivity contribution < 1.29 is 4.79 Å². The number of hydrogen-bond donors (Lipinski definition) is 1. The largest absolute Gasteiger partial charge is 0.337 e. The number of nitriles is 1. The van der Waals surface area contributed by atoms with Gasteiger partial charge in [-0.2, -0.15) is 5.26 Å². The Morgan fingerprint density at radius 3 is 2.40 bits per heavy atom. The maximum Gasteiger partial charge on any atom is 0.234 e. The number of carbonyl (C=O) groups excluding carboxylic acids is 1. The van der Waals surface area contributed by atoms with Gasteiger partial charge in [0.05, 0.1) is 11.3 Å². The van der Waals surface area contributed by atoms with E-state index in [4.69, 9.17) is 0 Å². The molecular weight excluding hydrogens is 392 g/mol. The molecule has 1 saturated carbocycles. The molecule has 0 aliphatic heterocycles. The highest BCUT2D eigenvalue weighted by Gasteiger charge is 2.35. The van der Waals surface area contributed by atoms with E-state index in [1.807, 2.05) is 61.5 Å². The summed E-state index contributed by atoms with van der Waals surface area (Å²) in [5.41, 5.74) is 1.12. The molecule has 152 valence electrons. The van der Waals surface area contributed by atoms with Crippen molar-refractivity contribution >= 4 is 28.4 Å². The number of amides is 1. The van der Waals surface area contributed by atoms with Gasteiger partial charge in [-0.15, -0.1) is 10.2 Å². The lowest BCUT2D eigenvalue weighted by Crippen LogP contribution is -2.50. The van der Waals surface area contributed by atoms with Crippen LogP contribution in [-0.2, 0) is 4.79 Å². The zero-order valence-electron chi connectivity index (χ0n) is 17.0.